The molecule has 0 aliphatic rings. The van der Waals surface area contributed by atoms with E-state index in [0.717, 1.165) is 5.56 Å². The predicted molar refractivity (Wildman–Crippen MR) is 96.9 cm³/mol. The molecule has 1 N–H and O–H groups in total. The van der Waals surface area contributed by atoms with Gasteiger partial charge in [-0.15, -0.1) is 21.5 Å². The number of aromatic nitrogens is 2. The summed E-state index contributed by atoms with van der Waals surface area (Å²) < 4.78 is 0. The van der Waals surface area contributed by atoms with Crippen LogP contribution < -0.4 is 5.32 Å². The number of anilines is 1. The van der Waals surface area contributed by atoms with Crippen LogP contribution in [-0.2, 0) is 4.79 Å². The molecule has 3 aromatic rings. The average molecular weight is 378 g/mol. The normalized spacial score (nSPS) is 10.5. The fourth-order valence-corrected chi connectivity index (χ4v) is 3.76. The quantitative estimate of drug-likeness (QED) is 0.641. The smallest absolute Gasteiger partial charge is 0.226 e. The number of Topliss-reactive ketones (excluding diaryl/α,β-unsaturated/α-hetero) is 1. The number of ketones is 1. The second-order valence-electron chi connectivity index (χ2n) is 4.84. The highest BCUT2D eigenvalue weighted by atomic mass is 35.5. The van der Waals surface area contributed by atoms with E-state index < -0.39 is 0 Å². The van der Waals surface area contributed by atoms with Crippen LogP contribution in [0, 0.1) is 0 Å². The molecular weight excluding hydrogens is 366 g/mol. The first-order valence-electron chi connectivity index (χ1n) is 7.08. The standard InChI is InChI=1S/C16H12ClN3O2S2/c17-11-5-2-1-4-10(11)15-19-20-16(24-15)18-14(22)8-7-12(21)13-6-3-9-23-13/h1-6,9H,7-8H2,(H,18,20,22). The molecule has 0 aliphatic carbocycles. The molecule has 0 atom stereocenters. The van der Waals surface area contributed by atoms with E-state index in [4.69, 9.17) is 11.6 Å². The molecule has 1 amide bonds. The summed E-state index contributed by atoms with van der Waals surface area (Å²) in [6, 6.07) is 10.9. The highest BCUT2D eigenvalue weighted by Gasteiger charge is 2.14. The number of halogens is 1. The van der Waals surface area contributed by atoms with Crippen LogP contribution in [0.5, 0.6) is 0 Å². The van der Waals surface area contributed by atoms with Gasteiger partial charge in [-0.25, -0.2) is 0 Å². The molecule has 0 saturated carbocycles. The van der Waals surface area contributed by atoms with Gasteiger partial charge >= 0.3 is 0 Å². The lowest BCUT2D eigenvalue weighted by Crippen LogP contribution is -2.13. The number of amides is 1. The summed E-state index contributed by atoms with van der Waals surface area (Å²) in [5.74, 6) is -0.295. The van der Waals surface area contributed by atoms with Gasteiger partial charge in [0.2, 0.25) is 11.0 Å². The van der Waals surface area contributed by atoms with Gasteiger partial charge in [0.15, 0.2) is 10.8 Å². The Morgan fingerprint density at radius 3 is 2.67 bits per heavy atom. The Hall–Kier alpha value is -2.09. The van der Waals surface area contributed by atoms with Crippen molar-refractivity contribution in [3.8, 4) is 10.6 Å². The lowest BCUT2D eigenvalue weighted by atomic mass is 10.2. The Kier molecular flexibility index (Phi) is 5.34. The van der Waals surface area contributed by atoms with Crippen molar-refractivity contribution in [2.75, 3.05) is 5.32 Å². The zero-order valence-corrected chi connectivity index (χ0v) is 14.7. The van der Waals surface area contributed by atoms with Crippen LogP contribution in [0.25, 0.3) is 10.6 Å². The lowest BCUT2D eigenvalue weighted by Gasteiger charge is -2.00. The van der Waals surface area contributed by atoms with Crippen molar-refractivity contribution in [3.63, 3.8) is 0 Å². The van der Waals surface area contributed by atoms with E-state index >= 15 is 0 Å². The fraction of sp³-hybridized carbons (Fsp3) is 0.125. The maximum atomic E-state index is 12.0. The first kappa shape index (κ1) is 16.8. The number of nitrogens with zero attached hydrogens (tertiary/aromatic N) is 2. The largest absolute Gasteiger partial charge is 0.301 e. The molecule has 0 unspecified atom stereocenters. The van der Waals surface area contributed by atoms with Crippen LogP contribution in [0.4, 0.5) is 5.13 Å². The molecule has 1 aromatic carbocycles. The van der Waals surface area contributed by atoms with Crippen molar-refractivity contribution >= 4 is 51.1 Å². The summed E-state index contributed by atoms with van der Waals surface area (Å²) in [6.45, 7) is 0. The Balaban J connectivity index is 1.58. The van der Waals surface area contributed by atoms with Crippen molar-refractivity contribution in [1.29, 1.82) is 0 Å². The topological polar surface area (TPSA) is 72.0 Å². The monoisotopic (exact) mass is 377 g/mol. The second kappa shape index (κ2) is 7.65. The van der Waals surface area contributed by atoms with Crippen LogP contribution in [0.1, 0.15) is 22.5 Å². The van der Waals surface area contributed by atoms with Gasteiger partial charge in [-0.05, 0) is 17.5 Å². The Morgan fingerprint density at radius 1 is 1.08 bits per heavy atom. The summed E-state index contributed by atoms with van der Waals surface area (Å²) in [5, 5.41) is 14.1. The molecule has 3 rings (SSSR count). The number of hydrogen-bond donors (Lipinski definition) is 1. The van der Waals surface area contributed by atoms with Crippen molar-refractivity contribution < 1.29 is 9.59 Å². The molecule has 8 heteroatoms. The van der Waals surface area contributed by atoms with Gasteiger partial charge in [0, 0.05) is 18.4 Å². The molecule has 0 saturated heterocycles. The average Bonchev–Trinajstić information content (AvgIpc) is 3.25. The van der Waals surface area contributed by atoms with Gasteiger partial charge in [0.1, 0.15) is 0 Å². The minimum atomic E-state index is -0.262. The molecule has 2 aromatic heterocycles. The van der Waals surface area contributed by atoms with Crippen LogP contribution in [0.2, 0.25) is 5.02 Å². The highest BCUT2D eigenvalue weighted by Crippen LogP contribution is 2.31. The van der Waals surface area contributed by atoms with E-state index in [-0.39, 0.29) is 24.5 Å². The summed E-state index contributed by atoms with van der Waals surface area (Å²) in [6.07, 6.45) is 0.278. The van der Waals surface area contributed by atoms with E-state index in [2.05, 4.69) is 15.5 Å². The number of nitrogens with one attached hydrogen (secondary N) is 1. The number of hydrogen-bond acceptors (Lipinski definition) is 6. The van der Waals surface area contributed by atoms with Crippen LogP contribution in [0.15, 0.2) is 41.8 Å². The Labute approximate surface area is 151 Å². The maximum Gasteiger partial charge on any atom is 0.226 e. The lowest BCUT2D eigenvalue weighted by molar-refractivity contribution is -0.116. The molecular formula is C16H12ClN3O2S2. The summed E-state index contributed by atoms with van der Waals surface area (Å²) in [5.41, 5.74) is 0.769. The third-order valence-corrected chi connectivity index (χ3v) is 5.26. The molecule has 24 heavy (non-hydrogen) atoms. The Bertz CT molecular complexity index is 862. The van der Waals surface area contributed by atoms with Crippen molar-refractivity contribution in [2.45, 2.75) is 12.8 Å². The van der Waals surface area contributed by atoms with Crippen LogP contribution >= 0.6 is 34.3 Å². The van der Waals surface area contributed by atoms with E-state index in [9.17, 15) is 9.59 Å². The predicted octanol–water partition coefficient (Wildman–Crippen LogP) is 4.52. The van der Waals surface area contributed by atoms with Crippen molar-refractivity contribution in [2.24, 2.45) is 0 Å². The van der Waals surface area contributed by atoms with Crippen LogP contribution in [0.3, 0.4) is 0 Å². The molecule has 5 nitrogen and oxygen atoms in total. The number of thiophene rings is 1. The summed E-state index contributed by atoms with van der Waals surface area (Å²) >= 11 is 8.74. The van der Waals surface area contributed by atoms with Gasteiger partial charge in [-0.2, -0.15) is 0 Å². The molecule has 2 heterocycles. The maximum absolute atomic E-state index is 12.0. The number of carbonyl (C=O) groups excluding carboxylic acids is 2. The highest BCUT2D eigenvalue weighted by molar-refractivity contribution is 7.18. The SMILES string of the molecule is O=C(CCC(=O)c1cccs1)Nc1nnc(-c2ccccc2Cl)s1. The number of carbonyl (C=O) groups is 2. The number of rotatable bonds is 6. The first-order chi connectivity index (χ1) is 11.6. The van der Waals surface area contributed by atoms with Gasteiger partial charge in [0.05, 0.1) is 9.90 Å². The third-order valence-electron chi connectivity index (χ3n) is 3.15. The minimum absolute atomic E-state index is 0.0332. The number of benzene rings is 1. The molecule has 0 aliphatic heterocycles. The summed E-state index contributed by atoms with van der Waals surface area (Å²) in [7, 11) is 0. The van der Waals surface area contributed by atoms with E-state index in [1.807, 2.05) is 29.6 Å². The Morgan fingerprint density at radius 2 is 1.92 bits per heavy atom. The van der Waals surface area contributed by atoms with Gasteiger partial charge in [-0.3, -0.25) is 9.59 Å². The summed E-state index contributed by atoms with van der Waals surface area (Å²) in [4.78, 5) is 24.5. The first-order valence-corrected chi connectivity index (χ1v) is 9.16. The second-order valence-corrected chi connectivity index (χ2v) is 7.17. The van der Waals surface area contributed by atoms with Gasteiger partial charge in [-0.1, -0.05) is 47.2 Å². The molecule has 122 valence electrons. The third kappa shape index (κ3) is 4.05. The van der Waals surface area contributed by atoms with E-state index in [1.165, 1.54) is 22.7 Å². The van der Waals surface area contributed by atoms with Gasteiger partial charge < -0.3 is 5.32 Å². The molecule has 0 spiro atoms. The van der Waals surface area contributed by atoms with Gasteiger partial charge in [0.25, 0.3) is 0 Å². The van der Waals surface area contributed by atoms with E-state index in [0.29, 0.717) is 20.0 Å². The fourth-order valence-electron chi connectivity index (χ4n) is 1.99. The van der Waals surface area contributed by atoms with Crippen molar-refractivity contribution in [1.82, 2.24) is 10.2 Å². The molecule has 0 radical (unpaired) electrons. The zero-order valence-electron chi connectivity index (χ0n) is 12.4. The molecule has 0 bridgehead atoms. The van der Waals surface area contributed by atoms with E-state index in [1.54, 1.807) is 12.1 Å². The molecule has 0 fully saturated rings. The minimum Gasteiger partial charge on any atom is -0.301 e. The van der Waals surface area contributed by atoms with Crippen molar-refractivity contribution in [3.05, 3.63) is 51.7 Å². The van der Waals surface area contributed by atoms with Crippen LogP contribution in [-0.4, -0.2) is 21.9 Å². The zero-order chi connectivity index (χ0) is 16.9.